The Kier molecular flexibility index (Phi) is 9.01. The van der Waals surface area contributed by atoms with Crippen LogP contribution in [-0.4, -0.2) is 45.6 Å². The zero-order valence-electron chi connectivity index (χ0n) is 18.4. The number of hydrazone groups is 1. The zero-order valence-corrected chi connectivity index (χ0v) is 23.5. The van der Waals surface area contributed by atoms with Gasteiger partial charge in [-0.15, -0.1) is 0 Å². The van der Waals surface area contributed by atoms with Gasteiger partial charge in [0, 0.05) is 5.69 Å². The number of halogens is 3. The van der Waals surface area contributed by atoms with E-state index in [1.54, 1.807) is 31.2 Å². The summed E-state index contributed by atoms with van der Waals surface area (Å²) in [7, 11) is -4.93. The Morgan fingerprint density at radius 2 is 1.72 bits per heavy atom. The molecule has 0 saturated heterocycles. The molecule has 0 radical (unpaired) electrons. The van der Waals surface area contributed by atoms with Crippen molar-refractivity contribution in [2.75, 3.05) is 10.3 Å². The number of amides is 1. The van der Waals surface area contributed by atoms with Crippen LogP contribution in [0, 0.1) is 0 Å². The largest absolute Gasteiger partial charge is 1.00 e. The Morgan fingerprint density at radius 1 is 1.06 bits per heavy atom. The van der Waals surface area contributed by atoms with E-state index in [1.165, 1.54) is 12.1 Å². The van der Waals surface area contributed by atoms with Crippen LogP contribution in [0.2, 0.25) is 15.6 Å². The number of nitrogens with zero attached hydrogens (tertiary/aromatic N) is 7. The summed E-state index contributed by atoms with van der Waals surface area (Å²) >= 11 is 17.7. The van der Waals surface area contributed by atoms with Crippen molar-refractivity contribution in [2.24, 2.45) is 15.3 Å². The van der Waals surface area contributed by atoms with Crippen LogP contribution in [0.15, 0.2) is 62.7 Å². The van der Waals surface area contributed by atoms with Crippen molar-refractivity contribution < 1.29 is 47.3 Å². The molecular weight excluding hydrogens is 566 g/mol. The number of azo groups is 1. The molecule has 0 saturated carbocycles. The van der Waals surface area contributed by atoms with E-state index < -0.39 is 27.0 Å². The van der Waals surface area contributed by atoms with Gasteiger partial charge in [0.15, 0.2) is 6.04 Å². The summed E-state index contributed by atoms with van der Waals surface area (Å²) in [5.74, 6) is -0.602. The summed E-state index contributed by atoms with van der Waals surface area (Å²) in [6, 6.07) is 8.94. The van der Waals surface area contributed by atoms with E-state index in [-0.39, 0.29) is 63.2 Å². The monoisotopic (exact) mass is 576 g/mol. The zero-order chi connectivity index (χ0) is 25.3. The van der Waals surface area contributed by atoms with Crippen LogP contribution < -0.4 is 39.9 Å². The number of anilines is 3. The fourth-order valence-corrected chi connectivity index (χ4v) is 4.17. The third-order valence-corrected chi connectivity index (χ3v) is 6.06. The van der Waals surface area contributed by atoms with Gasteiger partial charge in [-0.1, -0.05) is 23.7 Å². The average Bonchev–Trinajstić information content (AvgIpc) is 3.04. The predicted molar refractivity (Wildman–Crippen MR) is 128 cm³/mol. The maximum absolute atomic E-state index is 12.9. The summed E-state index contributed by atoms with van der Waals surface area (Å²) < 4.78 is 35.3. The number of rotatable bonds is 6. The Balaban J connectivity index is 0.00000361. The molecule has 1 aromatic heterocycles. The first-order valence-corrected chi connectivity index (χ1v) is 12.1. The summed E-state index contributed by atoms with van der Waals surface area (Å²) in [4.78, 5) is 23.6. The van der Waals surface area contributed by atoms with E-state index in [2.05, 4.69) is 35.6 Å². The minimum absolute atomic E-state index is 0. The second-order valence-electron chi connectivity index (χ2n) is 6.92. The molecule has 0 spiro atoms. The first-order valence-electron chi connectivity index (χ1n) is 9.51. The van der Waals surface area contributed by atoms with E-state index >= 15 is 0 Å². The summed E-state index contributed by atoms with van der Waals surface area (Å²) in [6.07, 6.45) is 0. The molecule has 0 aliphatic carbocycles. The molecule has 3 aromatic rings. The van der Waals surface area contributed by atoms with Gasteiger partial charge in [-0.2, -0.15) is 35.3 Å². The molecule has 1 aliphatic rings. The second-order valence-corrected chi connectivity index (χ2v) is 9.35. The molecule has 0 bridgehead atoms. The molecule has 17 heteroatoms. The number of hydrogen-bond donors (Lipinski definition) is 1. The fourth-order valence-electron chi connectivity index (χ4n) is 3.00. The van der Waals surface area contributed by atoms with Crippen LogP contribution >= 0.6 is 34.8 Å². The molecule has 12 nitrogen and oxygen atoms in total. The predicted octanol–water partition coefficient (Wildman–Crippen LogP) is 1.36. The van der Waals surface area contributed by atoms with Crippen LogP contribution in [0.1, 0.15) is 6.92 Å². The van der Waals surface area contributed by atoms with Gasteiger partial charge in [0.1, 0.15) is 15.8 Å². The Labute approximate surface area is 241 Å². The van der Waals surface area contributed by atoms with Crippen LogP contribution in [0.4, 0.5) is 23.0 Å². The molecule has 2 aromatic carbocycles. The third kappa shape index (κ3) is 6.36. The normalized spacial score (nSPS) is 15.7. The summed E-state index contributed by atoms with van der Waals surface area (Å²) in [5, 5.41) is 15.8. The first-order chi connectivity index (χ1) is 16.5. The fraction of sp³-hybridized carbons (Fsp3) is 0.105. The van der Waals surface area contributed by atoms with Crippen molar-refractivity contribution in [2.45, 2.75) is 17.9 Å². The number of aromatic nitrogens is 3. The average molecular weight is 578 g/mol. The van der Waals surface area contributed by atoms with Crippen LogP contribution in [0.25, 0.3) is 0 Å². The van der Waals surface area contributed by atoms with Gasteiger partial charge in [-0.3, -0.25) is 4.79 Å². The Hall–Kier alpha value is -2.23. The summed E-state index contributed by atoms with van der Waals surface area (Å²) in [6.45, 7) is 1.55. The van der Waals surface area contributed by atoms with Gasteiger partial charge in [-0.25, -0.2) is 8.42 Å². The van der Waals surface area contributed by atoms with E-state index in [9.17, 15) is 17.8 Å². The molecule has 1 unspecified atom stereocenters. The van der Waals surface area contributed by atoms with Crippen molar-refractivity contribution in [1.82, 2.24) is 15.0 Å². The number of hydrogen-bond acceptors (Lipinski definition) is 11. The quantitative estimate of drug-likeness (QED) is 0.260. The maximum Gasteiger partial charge on any atom is 1.00 e. The molecule has 4 rings (SSSR count). The topological polar surface area (TPSA) is 165 Å². The van der Waals surface area contributed by atoms with E-state index in [4.69, 9.17) is 34.8 Å². The second kappa shape index (κ2) is 11.4. The van der Waals surface area contributed by atoms with Gasteiger partial charge >= 0.3 is 29.6 Å². The number of carbonyl (C=O) groups excluding carboxylic acids is 1. The van der Waals surface area contributed by atoms with Crippen molar-refractivity contribution in [3.63, 3.8) is 0 Å². The van der Waals surface area contributed by atoms with Crippen LogP contribution in [0.3, 0.4) is 0 Å². The molecule has 0 fully saturated rings. The van der Waals surface area contributed by atoms with E-state index in [1.807, 2.05) is 0 Å². The van der Waals surface area contributed by atoms with Crippen molar-refractivity contribution in [1.29, 1.82) is 0 Å². The third-order valence-electron chi connectivity index (χ3n) is 4.52. The van der Waals surface area contributed by atoms with Crippen molar-refractivity contribution in [3.05, 3.63) is 58.1 Å². The molecule has 2 heterocycles. The molecule has 1 amide bonds. The van der Waals surface area contributed by atoms with Gasteiger partial charge < -0.3 is 9.87 Å². The molecular formula is C19H12Cl3N8NaO4S. The van der Waals surface area contributed by atoms with Gasteiger partial charge in [0.05, 0.1) is 21.3 Å². The first kappa shape index (κ1) is 28.3. The number of nitrogens with one attached hydrogen (secondary N) is 1. The van der Waals surface area contributed by atoms with Crippen LogP contribution in [0.5, 0.6) is 0 Å². The molecule has 1 atom stereocenters. The van der Waals surface area contributed by atoms with E-state index in [0.29, 0.717) is 10.7 Å². The number of benzene rings is 2. The van der Waals surface area contributed by atoms with Crippen LogP contribution in [-0.2, 0) is 14.9 Å². The van der Waals surface area contributed by atoms with Gasteiger partial charge in [0.2, 0.25) is 16.5 Å². The molecule has 180 valence electrons. The summed E-state index contributed by atoms with van der Waals surface area (Å²) in [5.41, 5.74) is 0.535. The number of para-hydroxylation sites is 1. The van der Waals surface area contributed by atoms with Gasteiger partial charge in [-0.05, 0) is 60.5 Å². The van der Waals surface area contributed by atoms with E-state index in [0.717, 1.165) is 11.1 Å². The van der Waals surface area contributed by atoms with Gasteiger partial charge in [0.25, 0.3) is 5.91 Å². The maximum atomic E-state index is 12.9. The smallest absolute Gasteiger partial charge is 0.744 e. The standard InChI is InChI=1S/C19H13Cl3N8O4S.Na/c1-9-15(16(31)30(29-9)13-5-3-2-4-11(13)20)28-27-12-8-10(6-7-14(12)35(32,33)34)23-19-25-17(21)24-18(22)26-19;/h2-8,15H,1H3,(H,32,33,34)(H,23,24,25,26);/q;+1/p-1. The van der Waals surface area contributed by atoms with Crippen molar-refractivity contribution in [3.8, 4) is 0 Å². The van der Waals surface area contributed by atoms with Crippen molar-refractivity contribution >= 4 is 79.6 Å². The SMILES string of the molecule is CC1=NN(c2ccccc2Cl)C(=O)C1N=Nc1cc(Nc2nc(Cl)nc(Cl)n2)ccc1S(=O)(=O)[O-].[Na+]. The molecule has 36 heavy (non-hydrogen) atoms. The Morgan fingerprint density at radius 3 is 2.36 bits per heavy atom. The molecule has 1 aliphatic heterocycles. The minimum atomic E-state index is -4.93. The minimum Gasteiger partial charge on any atom is -0.744 e. The number of carbonyl (C=O) groups is 1. The Bertz CT molecular complexity index is 1490. The molecule has 1 N–H and O–H groups in total.